The van der Waals surface area contributed by atoms with E-state index in [2.05, 4.69) is 0 Å². The third kappa shape index (κ3) is 2.19. The van der Waals surface area contributed by atoms with Crippen molar-refractivity contribution in [2.45, 2.75) is 25.9 Å². The van der Waals surface area contributed by atoms with Gasteiger partial charge in [-0.3, -0.25) is 4.79 Å². The zero-order chi connectivity index (χ0) is 13.3. The van der Waals surface area contributed by atoms with Gasteiger partial charge in [0.2, 0.25) is 0 Å². The Balaban J connectivity index is 2.93. The molecule has 2 N–H and O–H groups in total. The summed E-state index contributed by atoms with van der Waals surface area (Å²) in [6.45, 7) is 2.03. The van der Waals surface area contributed by atoms with Crippen LogP contribution < -0.4 is 0 Å². The summed E-state index contributed by atoms with van der Waals surface area (Å²) in [5.41, 5.74) is 0. The highest BCUT2D eigenvalue weighted by molar-refractivity contribution is 6.06. The van der Waals surface area contributed by atoms with Crippen molar-refractivity contribution in [1.29, 1.82) is 0 Å². The Morgan fingerprint density at radius 3 is 2.00 bits per heavy atom. The molecule has 1 aliphatic rings. The van der Waals surface area contributed by atoms with Crippen LogP contribution >= 0.6 is 0 Å². The van der Waals surface area contributed by atoms with Crippen molar-refractivity contribution >= 4 is 23.9 Å². The van der Waals surface area contributed by atoms with Crippen molar-refractivity contribution in [3.8, 4) is 0 Å². The lowest BCUT2D eigenvalue weighted by Gasteiger charge is -2.22. The molecule has 1 heterocycles. The van der Waals surface area contributed by atoms with E-state index in [1.54, 1.807) is 0 Å². The lowest BCUT2D eigenvalue weighted by Crippen LogP contribution is -2.46. The number of carboxylic acid groups (broad SMARTS) is 2. The highest BCUT2D eigenvalue weighted by Crippen LogP contribution is 2.17. The molecule has 1 aliphatic heterocycles. The minimum absolute atomic E-state index is 0.413. The zero-order valence-electron chi connectivity index (χ0n) is 9.28. The lowest BCUT2D eigenvalue weighted by molar-refractivity contribution is -0.145. The molecule has 0 aromatic rings. The highest BCUT2D eigenvalue weighted by atomic mass is 16.4. The number of carbonyl (C=O) groups is 4. The monoisotopic (exact) mass is 244 g/mol. The van der Waals surface area contributed by atoms with Crippen LogP contribution in [0, 0.1) is 0 Å². The van der Waals surface area contributed by atoms with Gasteiger partial charge >= 0.3 is 18.0 Å². The smallest absolute Gasteiger partial charge is 0.328 e. The van der Waals surface area contributed by atoms with Crippen LogP contribution in [0.5, 0.6) is 0 Å². The zero-order valence-corrected chi connectivity index (χ0v) is 9.28. The summed E-state index contributed by atoms with van der Waals surface area (Å²) in [4.78, 5) is 46.0. The van der Waals surface area contributed by atoms with Gasteiger partial charge in [0.15, 0.2) is 0 Å². The van der Waals surface area contributed by atoms with Gasteiger partial charge in [0.05, 0.1) is 0 Å². The largest absolute Gasteiger partial charge is 0.480 e. The van der Waals surface area contributed by atoms with Crippen molar-refractivity contribution < 1.29 is 29.4 Å². The quantitative estimate of drug-likeness (QED) is 0.625. The third-order valence-electron chi connectivity index (χ3n) is 2.60. The van der Waals surface area contributed by atoms with Gasteiger partial charge in [0.1, 0.15) is 18.6 Å². The van der Waals surface area contributed by atoms with Crippen molar-refractivity contribution in [3.05, 3.63) is 0 Å². The van der Waals surface area contributed by atoms with E-state index in [-0.39, 0.29) is 0 Å². The fourth-order valence-electron chi connectivity index (χ4n) is 1.46. The number of carbonyl (C=O) groups excluding carboxylic acids is 2. The molecular formula is C9H12N2O6. The first-order valence-corrected chi connectivity index (χ1v) is 4.85. The molecule has 8 nitrogen and oxygen atoms in total. The summed E-state index contributed by atoms with van der Waals surface area (Å²) >= 11 is 0. The van der Waals surface area contributed by atoms with Crippen LogP contribution in [0.25, 0.3) is 0 Å². The number of hydrogen-bond donors (Lipinski definition) is 2. The molecule has 0 saturated carbocycles. The molecule has 1 saturated heterocycles. The average Bonchev–Trinajstić information content (AvgIpc) is 2.52. The second-order valence-electron chi connectivity index (χ2n) is 3.70. The first kappa shape index (κ1) is 12.9. The van der Waals surface area contributed by atoms with Gasteiger partial charge in [-0.05, 0) is 13.8 Å². The Bertz CT molecular complexity index is 393. The van der Waals surface area contributed by atoms with E-state index in [0.29, 0.717) is 4.90 Å². The van der Waals surface area contributed by atoms with Gasteiger partial charge in [-0.25, -0.2) is 19.3 Å². The normalized spacial score (nSPS) is 19.4. The second kappa shape index (κ2) is 4.40. The molecule has 0 aliphatic carbocycles. The predicted octanol–water partition coefficient (Wildman–Crippen LogP) is -0.803. The summed E-state index contributed by atoms with van der Waals surface area (Å²) in [6.07, 6.45) is 0. The number of imide groups is 1. The molecular weight excluding hydrogens is 232 g/mol. The third-order valence-corrected chi connectivity index (χ3v) is 2.60. The molecule has 1 fully saturated rings. The first-order valence-electron chi connectivity index (χ1n) is 4.85. The Hall–Kier alpha value is -2.12. The van der Waals surface area contributed by atoms with E-state index >= 15 is 0 Å². The molecule has 2 atom stereocenters. The van der Waals surface area contributed by atoms with Crippen LogP contribution in [0.3, 0.4) is 0 Å². The number of carboxylic acids is 2. The summed E-state index contributed by atoms with van der Waals surface area (Å²) < 4.78 is 0. The molecule has 0 bridgehead atoms. The highest BCUT2D eigenvalue weighted by Gasteiger charge is 2.44. The topological polar surface area (TPSA) is 115 Å². The summed E-state index contributed by atoms with van der Waals surface area (Å²) in [5.74, 6) is -3.29. The molecule has 3 amide bonds. The van der Waals surface area contributed by atoms with Crippen molar-refractivity contribution in [2.24, 2.45) is 0 Å². The summed E-state index contributed by atoms with van der Waals surface area (Å²) in [6, 6.07) is -3.36. The van der Waals surface area contributed by atoms with Crippen LogP contribution in [0.15, 0.2) is 0 Å². The Morgan fingerprint density at radius 2 is 1.59 bits per heavy atom. The Morgan fingerprint density at radius 1 is 1.12 bits per heavy atom. The van der Waals surface area contributed by atoms with E-state index in [0.717, 1.165) is 4.90 Å². The van der Waals surface area contributed by atoms with Gasteiger partial charge < -0.3 is 15.1 Å². The van der Waals surface area contributed by atoms with Crippen molar-refractivity contribution in [3.63, 3.8) is 0 Å². The average molecular weight is 244 g/mol. The second-order valence-corrected chi connectivity index (χ2v) is 3.70. The molecule has 8 heteroatoms. The SMILES string of the molecule is CC(C(=O)O)N1CC(=O)N(C(C)C(=O)O)C1=O. The molecule has 0 spiro atoms. The maximum absolute atomic E-state index is 11.7. The van der Waals surface area contributed by atoms with Crippen LogP contribution in [0.4, 0.5) is 4.79 Å². The summed E-state index contributed by atoms with van der Waals surface area (Å²) in [7, 11) is 0. The maximum atomic E-state index is 11.7. The number of amides is 3. The van der Waals surface area contributed by atoms with Gasteiger partial charge in [-0.15, -0.1) is 0 Å². The Labute approximate surface area is 96.4 Å². The van der Waals surface area contributed by atoms with E-state index in [9.17, 15) is 19.2 Å². The molecule has 0 aromatic heterocycles. The van der Waals surface area contributed by atoms with Crippen LogP contribution in [0.2, 0.25) is 0 Å². The van der Waals surface area contributed by atoms with Crippen LogP contribution in [-0.2, 0) is 14.4 Å². The molecule has 0 radical (unpaired) electrons. The number of nitrogens with zero attached hydrogens (tertiary/aromatic N) is 2. The molecule has 94 valence electrons. The van der Waals surface area contributed by atoms with Crippen LogP contribution in [-0.4, -0.2) is 62.5 Å². The standard InChI is InChI=1S/C9H12N2O6/c1-4(7(13)14)10-3-6(12)11(9(10)17)5(2)8(15)16/h4-5H,3H2,1-2H3,(H,13,14)(H,15,16). The molecule has 1 rings (SSSR count). The van der Waals surface area contributed by atoms with E-state index in [4.69, 9.17) is 10.2 Å². The van der Waals surface area contributed by atoms with Gasteiger partial charge in [0, 0.05) is 0 Å². The molecule has 17 heavy (non-hydrogen) atoms. The molecule has 2 unspecified atom stereocenters. The van der Waals surface area contributed by atoms with E-state index < -0.39 is 42.5 Å². The van der Waals surface area contributed by atoms with Gasteiger partial charge in [0.25, 0.3) is 5.91 Å². The van der Waals surface area contributed by atoms with Crippen LogP contribution in [0.1, 0.15) is 13.8 Å². The van der Waals surface area contributed by atoms with Gasteiger partial charge in [-0.2, -0.15) is 0 Å². The van der Waals surface area contributed by atoms with E-state index in [1.165, 1.54) is 13.8 Å². The predicted molar refractivity (Wildman–Crippen MR) is 53.1 cm³/mol. The Kier molecular flexibility index (Phi) is 3.35. The minimum atomic E-state index is -1.32. The van der Waals surface area contributed by atoms with Crippen molar-refractivity contribution in [2.75, 3.05) is 6.54 Å². The lowest BCUT2D eigenvalue weighted by atomic mass is 10.3. The number of hydrogen-bond acceptors (Lipinski definition) is 4. The van der Waals surface area contributed by atoms with E-state index in [1.807, 2.05) is 0 Å². The van der Waals surface area contributed by atoms with Crippen molar-refractivity contribution in [1.82, 2.24) is 9.80 Å². The minimum Gasteiger partial charge on any atom is -0.480 e. The first-order chi connectivity index (χ1) is 7.77. The fourth-order valence-corrected chi connectivity index (χ4v) is 1.46. The number of rotatable bonds is 4. The number of aliphatic carboxylic acids is 2. The molecule has 0 aromatic carbocycles. The number of urea groups is 1. The summed E-state index contributed by atoms with van der Waals surface area (Å²) in [5, 5.41) is 17.5. The van der Waals surface area contributed by atoms with Gasteiger partial charge in [-0.1, -0.05) is 0 Å². The maximum Gasteiger partial charge on any atom is 0.328 e. The fraction of sp³-hybridized carbons (Fsp3) is 0.556.